The third-order valence-corrected chi connectivity index (χ3v) is 3.11. The average molecular weight is 310 g/mol. The van der Waals surface area contributed by atoms with Gasteiger partial charge in [-0.05, 0) is 31.2 Å². The smallest absolute Gasteiger partial charge is 0.165 e. The van der Waals surface area contributed by atoms with Crippen LogP contribution in [0, 0.1) is 5.82 Å². The van der Waals surface area contributed by atoms with Crippen molar-refractivity contribution in [1.82, 2.24) is 0 Å². The van der Waals surface area contributed by atoms with E-state index in [4.69, 9.17) is 21.1 Å². The topological polar surface area (TPSA) is 21.7 Å². The molecule has 21 heavy (non-hydrogen) atoms. The maximum absolute atomic E-state index is 13.7. The SMILES string of the molecule is CCOCN(C)c1ccc(Cl)cc1Oc1ccccc1F. The number of para-hydroxylation sites is 1. The van der Waals surface area contributed by atoms with Crippen molar-refractivity contribution in [2.45, 2.75) is 6.92 Å². The monoisotopic (exact) mass is 309 g/mol. The molecule has 0 amide bonds. The van der Waals surface area contributed by atoms with E-state index in [1.165, 1.54) is 6.07 Å². The Kier molecular flexibility index (Phi) is 5.42. The van der Waals surface area contributed by atoms with Crippen molar-refractivity contribution in [3.05, 3.63) is 53.3 Å². The molecule has 0 aromatic heterocycles. The van der Waals surface area contributed by atoms with Crippen LogP contribution in [0.25, 0.3) is 0 Å². The molecule has 2 aromatic rings. The van der Waals surface area contributed by atoms with Gasteiger partial charge in [-0.25, -0.2) is 4.39 Å². The van der Waals surface area contributed by atoms with Gasteiger partial charge in [-0.1, -0.05) is 23.7 Å². The van der Waals surface area contributed by atoms with Crippen LogP contribution in [-0.2, 0) is 4.74 Å². The highest BCUT2D eigenvalue weighted by molar-refractivity contribution is 6.30. The number of rotatable bonds is 6. The number of nitrogens with zero attached hydrogens (tertiary/aromatic N) is 1. The average Bonchev–Trinajstić information content (AvgIpc) is 2.47. The Hall–Kier alpha value is -1.78. The summed E-state index contributed by atoms with van der Waals surface area (Å²) in [5.41, 5.74) is 0.774. The molecule has 0 fully saturated rings. The fraction of sp³-hybridized carbons (Fsp3) is 0.250. The second-order valence-electron chi connectivity index (χ2n) is 4.46. The zero-order chi connectivity index (χ0) is 15.2. The predicted molar refractivity (Wildman–Crippen MR) is 82.8 cm³/mol. The van der Waals surface area contributed by atoms with Crippen LogP contribution in [0.5, 0.6) is 11.5 Å². The van der Waals surface area contributed by atoms with Gasteiger partial charge in [0.05, 0.1) is 5.69 Å². The van der Waals surface area contributed by atoms with Crippen LogP contribution < -0.4 is 9.64 Å². The fourth-order valence-electron chi connectivity index (χ4n) is 1.83. The Balaban J connectivity index is 2.29. The number of benzene rings is 2. The van der Waals surface area contributed by atoms with E-state index in [1.807, 2.05) is 24.9 Å². The molecule has 0 aliphatic rings. The normalized spacial score (nSPS) is 10.5. The number of halogens is 2. The molecule has 0 unspecified atom stereocenters. The minimum absolute atomic E-state index is 0.158. The lowest BCUT2D eigenvalue weighted by molar-refractivity contribution is 0.150. The van der Waals surface area contributed by atoms with Crippen molar-refractivity contribution < 1.29 is 13.9 Å². The van der Waals surface area contributed by atoms with Crippen LogP contribution in [0.3, 0.4) is 0 Å². The number of ether oxygens (including phenoxy) is 2. The fourth-order valence-corrected chi connectivity index (χ4v) is 1.99. The van der Waals surface area contributed by atoms with Gasteiger partial charge in [0.15, 0.2) is 17.3 Å². The molecule has 0 aliphatic heterocycles. The van der Waals surface area contributed by atoms with E-state index in [2.05, 4.69) is 0 Å². The first kappa shape index (κ1) is 15.6. The number of hydrogen-bond acceptors (Lipinski definition) is 3. The van der Waals surface area contributed by atoms with Crippen LogP contribution >= 0.6 is 11.6 Å². The summed E-state index contributed by atoms with van der Waals surface area (Å²) < 4.78 is 24.8. The summed E-state index contributed by atoms with van der Waals surface area (Å²) in [6, 6.07) is 11.5. The Bertz CT molecular complexity index is 607. The molecular formula is C16H17ClFNO2. The maximum atomic E-state index is 13.7. The first-order valence-electron chi connectivity index (χ1n) is 6.62. The van der Waals surface area contributed by atoms with Gasteiger partial charge in [-0.15, -0.1) is 0 Å². The highest BCUT2D eigenvalue weighted by atomic mass is 35.5. The molecule has 3 nitrogen and oxygen atoms in total. The third kappa shape index (κ3) is 4.09. The van der Waals surface area contributed by atoms with Crippen molar-refractivity contribution in [1.29, 1.82) is 0 Å². The summed E-state index contributed by atoms with van der Waals surface area (Å²) >= 11 is 6.01. The summed E-state index contributed by atoms with van der Waals surface area (Å²) in [4.78, 5) is 1.87. The number of hydrogen-bond donors (Lipinski definition) is 0. The largest absolute Gasteiger partial charge is 0.452 e. The second kappa shape index (κ2) is 7.29. The molecule has 2 rings (SSSR count). The van der Waals surface area contributed by atoms with Gasteiger partial charge in [0.25, 0.3) is 0 Å². The van der Waals surface area contributed by atoms with Gasteiger partial charge in [0, 0.05) is 24.7 Å². The quantitative estimate of drug-likeness (QED) is 0.722. The van der Waals surface area contributed by atoms with Crippen molar-refractivity contribution in [3.8, 4) is 11.5 Å². The lowest BCUT2D eigenvalue weighted by Crippen LogP contribution is -2.21. The van der Waals surface area contributed by atoms with Crippen molar-refractivity contribution in [3.63, 3.8) is 0 Å². The zero-order valence-corrected chi connectivity index (χ0v) is 12.7. The summed E-state index contributed by atoms with van der Waals surface area (Å²) in [5, 5.41) is 0.523. The van der Waals surface area contributed by atoms with Gasteiger partial charge >= 0.3 is 0 Å². The standard InChI is InChI=1S/C16H17ClFNO2/c1-3-20-11-19(2)14-9-8-12(17)10-16(14)21-15-7-5-4-6-13(15)18/h4-10H,3,11H2,1-2H3. The summed E-state index contributed by atoms with van der Waals surface area (Å²) in [5.74, 6) is 0.219. The van der Waals surface area contributed by atoms with E-state index in [-0.39, 0.29) is 5.75 Å². The number of anilines is 1. The molecule has 0 saturated heterocycles. The molecule has 0 atom stereocenters. The first-order valence-corrected chi connectivity index (χ1v) is 7.00. The van der Waals surface area contributed by atoms with Crippen LogP contribution in [0.4, 0.5) is 10.1 Å². The maximum Gasteiger partial charge on any atom is 0.165 e. The Morgan fingerprint density at radius 1 is 1.14 bits per heavy atom. The van der Waals surface area contributed by atoms with E-state index in [0.717, 1.165) is 5.69 Å². The Morgan fingerprint density at radius 3 is 2.62 bits per heavy atom. The minimum Gasteiger partial charge on any atom is -0.452 e. The lowest BCUT2D eigenvalue weighted by atomic mass is 10.2. The van der Waals surface area contributed by atoms with E-state index in [0.29, 0.717) is 24.1 Å². The molecule has 0 heterocycles. The van der Waals surface area contributed by atoms with E-state index < -0.39 is 5.82 Å². The summed E-state index contributed by atoms with van der Waals surface area (Å²) in [6.45, 7) is 2.94. The van der Waals surface area contributed by atoms with Crippen molar-refractivity contribution in [2.24, 2.45) is 0 Å². The highest BCUT2D eigenvalue weighted by Gasteiger charge is 2.12. The van der Waals surface area contributed by atoms with Crippen LogP contribution in [0.15, 0.2) is 42.5 Å². The molecular weight excluding hydrogens is 293 g/mol. The van der Waals surface area contributed by atoms with E-state index in [1.54, 1.807) is 30.3 Å². The molecule has 0 saturated carbocycles. The molecule has 0 spiro atoms. The molecule has 0 bridgehead atoms. The van der Waals surface area contributed by atoms with Crippen LogP contribution in [-0.4, -0.2) is 20.4 Å². The Morgan fingerprint density at radius 2 is 1.90 bits per heavy atom. The molecule has 2 aromatic carbocycles. The van der Waals surface area contributed by atoms with Gasteiger partial charge < -0.3 is 14.4 Å². The van der Waals surface area contributed by atoms with Gasteiger partial charge in [0.2, 0.25) is 0 Å². The predicted octanol–water partition coefficient (Wildman–Crippen LogP) is 4.70. The molecule has 5 heteroatoms. The Labute approximate surface area is 128 Å². The van der Waals surface area contributed by atoms with Gasteiger partial charge in [-0.3, -0.25) is 0 Å². The summed E-state index contributed by atoms with van der Waals surface area (Å²) in [6.07, 6.45) is 0. The summed E-state index contributed by atoms with van der Waals surface area (Å²) in [7, 11) is 1.87. The van der Waals surface area contributed by atoms with E-state index >= 15 is 0 Å². The van der Waals surface area contributed by atoms with Crippen molar-refractivity contribution >= 4 is 17.3 Å². The molecule has 0 radical (unpaired) electrons. The van der Waals surface area contributed by atoms with E-state index in [9.17, 15) is 4.39 Å². The van der Waals surface area contributed by atoms with Crippen molar-refractivity contribution in [2.75, 3.05) is 25.3 Å². The van der Waals surface area contributed by atoms with Crippen LogP contribution in [0.2, 0.25) is 5.02 Å². The molecule has 112 valence electrons. The second-order valence-corrected chi connectivity index (χ2v) is 4.90. The van der Waals surface area contributed by atoms with Gasteiger partial charge in [0.1, 0.15) is 6.73 Å². The highest BCUT2D eigenvalue weighted by Crippen LogP contribution is 2.35. The minimum atomic E-state index is -0.420. The van der Waals surface area contributed by atoms with Crippen LogP contribution in [0.1, 0.15) is 6.92 Å². The van der Waals surface area contributed by atoms with Gasteiger partial charge in [-0.2, -0.15) is 0 Å². The third-order valence-electron chi connectivity index (χ3n) is 2.88. The first-order chi connectivity index (χ1) is 10.1. The zero-order valence-electron chi connectivity index (χ0n) is 12.0. The molecule has 0 N–H and O–H groups in total. The lowest BCUT2D eigenvalue weighted by Gasteiger charge is -2.22. The molecule has 0 aliphatic carbocycles.